The zero-order valence-electron chi connectivity index (χ0n) is 12.0. The maximum atomic E-state index is 5.16. The second-order valence-electron chi connectivity index (χ2n) is 4.59. The molecule has 0 saturated heterocycles. The van der Waals surface area contributed by atoms with Crippen LogP contribution in [0.2, 0.25) is 6.04 Å². The van der Waals surface area contributed by atoms with Crippen LogP contribution in [0.3, 0.4) is 0 Å². The summed E-state index contributed by atoms with van der Waals surface area (Å²) < 4.78 is 5.16. The highest BCUT2D eigenvalue weighted by atomic mass is 28.2. The summed E-state index contributed by atoms with van der Waals surface area (Å²) in [7, 11) is 1.57. The predicted octanol–water partition coefficient (Wildman–Crippen LogP) is 1.76. The normalized spacial score (nSPS) is 11.0. The maximum absolute atomic E-state index is 5.16. The molecule has 1 rings (SSSR count). The fraction of sp³-hybridized carbons (Fsp3) is 0.467. The summed E-state index contributed by atoms with van der Waals surface area (Å²) in [6, 6.07) is 11.8. The molecule has 0 unspecified atom stereocenters. The lowest BCUT2D eigenvalue weighted by Crippen LogP contribution is -2.28. The van der Waals surface area contributed by atoms with E-state index in [-0.39, 0.29) is 9.76 Å². The third-order valence-corrected chi connectivity index (χ3v) is 4.21. The number of nitrogens with one attached hydrogen (secondary N) is 1. The van der Waals surface area contributed by atoms with Crippen molar-refractivity contribution >= 4 is 9.76 Å². The summed E-state index contributed by atoms with van der Waals surface area (Å²) >= 11 is 0. The van der Waals surface area contributed by atoms with Crippen LogP contribution in [0.15, 0.2) is 43.1 Å². The fourth-order valence-corrected chi connectivity index (χ4v) is 2.64. The van der Waals surface area contributed by atoms with E-state index >= 15 is 0 Å². The van der Waals surface area contributed by atoms with Crippen molar-refractivity contribution in [3.05, 3.63) is 48.7 Å². The molecule has 4 heteroatoms. The van der Waals surface area contributed by atoms with Crippen molar-refractivity contribution in [3.63, 3.8) is 0 Å². The van der Waals surface area contributed by atoms with Crippen molar-refractivity contribution in [2.45, 2.75) is 19.0 Å². The zero-order chi connectivity index (χ0) is 13.8. The SMILES string of the molecule is C=CN(CCNCCC[SiH2]OC)Cc1ccccc1. The van der Waals surface area contributed by atoms with E-state index in [1.807, 2.05) is 19.4 Å². The molecule has 19 heavy (non-hydrogen) atoms. The number of hydrogen-bond acceptors (Lipinski definition) is 3. The minimum atomic E-state index is -0.239. The summed E-state index contributed by atoms with van der Waals surface area (Å²) in [6.45, 7) is 7.91. The van der Waals surface area contributed by atoms with Gasteiger partial charge in [0.05, 0.1) is 0 Å². The second-order valence-corrected chi connectivity index (χ2v) is 6.28. The van der Waals surface area contributed by atoms with Crippen molar-refractivity contribution in [2.24, 2.45) is 0 Å². The molecular formula is C15H26N2OSi. The van der Waals surface area contributed by atoms with Crippen LogP contribution in [-0.4, -0.2) is 41.4 Å². The van der Waals surface area contributed by atoms with Crippen LogP contribution in [0.5, 0.6) is 0 Å². The van der Waals surface area contributed by atoms with E-state index in [0.717, 1.165) is 26.2 Å². The van der Waals surface area contributed by atoms with Gasteiger partial charge in [-0.15, -0.1) is 0 Å². The van der Waals surface area contributed by atoms with Gasteiger partial charge in [-0.3, -0.25) is 0 Å². The zero-order valence-corrected chi connectivity index (χ0v) is 13.4. The van der Waals surface area contributed by atoms with E-state index < -0.39 is 0 Å². The van der Waals surface area contributed by atoms with E-state index in [4.69, 9.17) is 4.43 Å². The van der Waals surface area contributed by atoms with Gasteiger partial charge in [-0.2, -0.15) is 0 Å². The Kier molecular flexibility index (Phi) is 9.06. The Hall–Kier alpha value is -1.10. The Morgan fingerprint density at radius 1 is 1.32 bits per heavy atom. The van der Waals surface area contributed by atoms with E-state index in [0.29, 0.717) is 0 Å². The highest BCUT2D eigenvalue weighted by molar-refractivity contribution is 6.26. The summed E-state index contributed by atoms with van der Waals surface area (Å²) in [4.78, 5) is 2.24. The molecule has 106 valence electrons. The highest BCUT2D eigenvalue weighted by Gasteiger charge is 1.99. The quantitative estimate of drug-likeness (QED) is 0.493. The molecule has 0 radical (unpaired) electrons. The van der Waals surface area contributed by atoms with Crippen LogP contribution in [0.25, 0.3) is 0 Å². The Morgan fingerprint density at radius 2 is 2.11 bits per heavy atom. The van der Waals surface area contributed by atoms with Crippen molar-refractivity contribution in [1.29, 1.82) is 0 Å². The first-order valence-corrected chi connectivity index (χ1v) is 8.54. The van der Waals surface area contributed by atoms with Crippen LogP contribution < -0.4 is 5.32 Å². The third kappa shape index (κ3) is 7.82. The lowest BCUT2D eigenvalue weighted by atomic mass is 10.2. The molecule has 0 saturated carbocycles. The van der Waals surface area contributed by atoms with E-state index in [2.05, 4.69) is 41.1 Å². The van der Waals surface area contributed by atoms with Crippen molar-refractivity contribution in [2.75, 3.05) is 26.7 Å². The third-order valence-electron chi connectivity index (χ3n) is 3.01. The van der Waals surface area contributed by atoms with Crippen LogP contribution in [-0.2, 0) is 11.0 Å². The first-order chi connectivity index (χ1) is 9.36. The molecule has 1 aromatic rings. The Morgan fingerprint density at radius 3 is 2.79 bits per heavy atom. The lowest BCUT2D eigenvalue weighted by Gasteiger charge is -2.20. The number of hydrogen-bond donors (Lipinski definition) is 1. The van der Waals surface area contributed by atoms with Gasteiger partial charge < -0.3 is 14.6 Å². The molecular weight excluding hydrogens is 252 g/mol. The van der Waals surface area contributed by atoms with Crippen LogP contribution in [0.1, 0.15) is 12.0 Å². The van der Waals surface area contributed by atoms with Gasteiger partial charge in [0.15, 0.2) is 9.76 Å². The number of benzene rings is 1. The first-order valence-electron chi connectivity index (χ1n) is 6.97. The molecule has 1 N–H and O–H groups in total. The van der Waals surface area contributed by atoms with Crippen LogP contribution in [0.4, 0.5) is 0 Å². The van der Waals surface area contributed by atoms with Gasteiger partial charge in [-0.25, -0.2) is 0 Å². The smallest absolute Gasteiger partial charge is 0.161 e. The molecule has 0 aliphatic rings. The van der Waals surface area contributed by atoms with E-state index in [1.165, 1.54) is 18.0 Å². The van der Waals surface area contributed by atoms with Gasteiger partial charge in [0.1, 0.15) is 0 Å². The molecule has 0 aliphatic carbocycles. The molecule has 0 heterocycles. The van der Waals surface area contributed by atoms with E-state index in [1.54, 1.807) is 0 Å². The molecule has 0 spiro atoms. The molecule has 0 amide bonds. The van der Waals surface area contributed by atoms with Crippen molar-refractivity contribution in [3.8, 4) is 0 Å². The standard InChI is InChI=1S/C15H26N2OSi/c1-3-17(14-15-8-5-4-6-9-15)12-11-16-10-7-13-19-18-2/h3-6,8-9,16H,1,7,10-14,19H2,2H3. The Labute approximate surface area is 119 Å². The Bertz CT molecular complexity index is 332. The average molecular weight is 278 g/mol. The highest BCUT2D eigenvalue weighted by Crippen LogP contribution is 2.03. The minimum Gasteiger partial charge on any atom is -0.427 e. The summed E-state index contributed by atoms with van der Waals surface area (Å²) in [6.07, 6.45) is 3.15. The predicted molar refractivity (Wildman–Crippen MR) is 84.9 cm³/mol. The van der Waals surface area contributed by atoms with Gasteiger partial charge in [0.2, 0.25) is 0 Å². The summed E-state index contributed by atoms with van der Waals surface area (Å²) in [5.41, 5.74) is 1.33. The molecule has 1 aromatic carbocycles. The van der Waals surface area contributed by atoms with Crippen molar-refractivity contribution in [1.82, 2.24) is 10.2 Å². The van der Waals surface area contributed by atoms with Gasteiger partial charge in [-0.05, 0) is 30.8 Å². The topological polar surface area (TPSA) is 24.5 Å². The van der Waals surface area contributed by atoms with Gasteiger partial charge >= 0.3 is 0 Å². The average Bonchev–Trinajstić information content (AvgIpc) is 2.46. The fourth-order valence-electron chi connectivity index (χ4n) is 1.90. The summed E-state index contributed by atoms with van der Waals surface area (Å²) in [5.74, 6) is 0. The van der Waals surface area contributed by atoms with Gasteiger partial charge in [0, 0.05) is 26.7 Å². The monoisotopic (exact) mass is 278 g/mol. The number of nitrogens with zero attached hydrogens (tertiary/aromatic N) is 1. The second kappa shape index (κ2) is 10.8. The van der Waals surface area contributed by atoms with E-state index in [9.17, 15) is 0 Å². The first kappa shape index (κ1) is 16.0. The maximum Gasteiger partial charge on any atom is 0.161 e. The van der Waals surface area contributed by atoms with Crippen LogP contribution >= 0.6 is 0 Å². The molecule has 0 aliphatic heterocycles. The molecule has 0 bridgehead atoms. The van der Waals surface area contributed by atoms with Crippen molar-refractivity contribution < 1.29 is 4.43 Å². The molecule has 0 atom stereocenters. The van der Waals surface area contributed by atoms with Crippen LogP contribution in [0, 0.1) is 0 Å². The Balaban J connectivity index is 2.10. The largest absolute Gasteiger partial charge is 0.427 e. The van der Waals surface area contributed by atoms with Gasteiger partial charge in [0.25, 0.3) is 0 Å². The summed E-state index contributed by atoms with van der Waals surface area (Å²) in [5, 5.41) is 3.47. The minimum absolute atomic E-state index is 0.239. The number of rotatable bonds is 11. The molecule has 0 fully saturated rings. The van der Waals surface area contributed by atoms with Gasteiger partial charge in [-0.1, -0.05) is 36.9 Å². The lowest BCUT2D eigenvalue weighted by molar-refractivity contribution is 0.365. The molecule has 3 nitrogen and oxygen atoms in total. The molecule has 0 aromatic heterocycles.